The number of benzene rings is 26. The predicted molar refractivity (Wildman–Crippen MR) is 627 cm³/mol. The standard InChI is InChI=1S/2C50H33N.C44H29N/c1-4-14-34(15-5-1)38-27-31-45-46(32-38)50(36-18-8-3-9-19-36)44-22-11-10-21-43(44)49(45)37-24-28-40(29-25-37)51-47-23-13-12-20-41(47)42-30-26-39(33-48(42)51)35-16-6-2-7-17-35;1-4-14-34(15-5-1)38-26-30-44-46(33-38)50(36-18-8-3-9-19-36)43-22-11-10-21-42(43)49(44)37-24-28-40(29-25-37)51-47-23-13-12-20-41(47)45-32-39(27-31-48(45)51)35-16-6-2-7-17-35;1-3-13-30(14-4-1)33-25-28-39-40(29-33)44(31-15-5-2-6-16-31)38-20-8-7-19-37(38)43(39)32-23-26-34(27-24-32)45-41-21-11-9-17-35(41)36-18-10-12-22-42(36)45/h2*1-33H;1-29H. The zero-order valence-corrected chi connectivity index (χ0v) is 80.7. The van der Waals surface area contributed by atoms with E-state index < -0.39 is 0 Å². The molecule has 686 valence electrons. The molecule has 3 nitrogen and oxygen atoms in total. The SMILES string of the molecule is c1ccc(-c2ccc3c(-c4ccc(-n5c6ccccc6c6cc(-c7ccccc7)ccc65)cc4)c4ccccc4c(-c4ccccc4)c3c2)cc1.c1ccc(-c2ccc3c(-c4ccc(-n5c6ccccc6c6ccc(-c7ccccc7)cc65)cc4)c4ccccc4c(-c4ccccc4)c3c2)cc1.c1ccc(-c2ccc3c(-c4ccc(-n5c6ccccc6c6ccccc65)cc4)c4ccccc4c(-c4ccccc4)c3c2)cc1. The Hall–Kier alpha value is -19.3. The maximum absolute atomic E-state index is 2.42. The number of para-hydroxylation sites is 4. The molecule has 0 bridgehead atoms. The summed E-state index contributed by atoms with van der Waals surface area (Å²) >= 11 is 0. The molecule has 29 rings (SSSR count). The Morgan fingerprint density at radius 1 is 0.0816 bits per heavy atom. The Bertz CT molecular complexity index is 10000. The lowest BCUT2D eigenvalue weighted by molar-refractivity contribution is 1.18. The molecule has 0 radical (unpaired) electrons. The summed E-state index contributed by atoms with van der Waals surface area (Å²) in [5.41, 5.74) is 37.9. The second-order valence-electron chi connectivity index (χ2n) is 38.3. The van der Waals surface area contributed by atoms with Gasteiger partial charge in [-0.1, -0.05) is 479 Å². The van der Waals surface area contributed by atoms with Gasteiger partial charge in [-0.05, 0) is 284 Å². The lowest BCUT2D eigenvalue weighted by atomic mass is 9.85. The van der Waals surface area contributed by atoms with Crippen LogP contribution in [0.15, 0.2) is 576 Å². The van der Waals surface area contributed by atoms with E-state index in [9.17, 15) is 0 Å². The number of nitrogens with zero attached hydrogens (tertiary/aromatic N) is 3. The van der Waals surface area contributed by atoms with E-state index >= 15 is 0 Å². The van der Waals surface area contributed by atoms with E-state index in [4.69, 9.17) is 0 Å². The van der Waals surface area contributed by atoms with Crippen LogP contribution in [0.25, 0.3) is 270 Å². The highest BCUT2D eigenvalue weighted by Crippen LogP contribution is 2.51. The summed E-state index contributed by atoms with van der Waals surface area (Å²) in [6.07, 6.45) is 0. The average molecular weight is 1870 g/mol. The van der Waals surface area contributed by atoms with Crippen molar-refractivity contribution in [1.29, 1.82) is 0 Å². The topological polar surface area (TPSA) is 14.8 Å². The van der Waals surface area contributed by atoms with Crippen LogP contribution in [0.5, 0.6) is 0 Å². The number of aromatic nitrogens is 3. The van der Waals surface area contributed by atoms with Gasteiger partial charge in [-0.3, -0.25) is 0 Å². The third kappa shape index (κ3) is 15.5. The van der Waals surface area contributed by atoms with Crippen molar-refractivity contribution in [2.75, 3.05) is 0 Å². The zero-order chi connectivity index (χ0) is 97.2. The molecule has 0 N–H and O–H groups in total. The minimum Gasteiger partial charge on any atom is -0.309 e. The van der Waals surface area contributed by atoms with Gasteiger partial charge in [-0.15, -0.1) is 0 Å². The van der Waals surface area contributed by atoms with E-state index in [0.29, 0.717) is 0 Å². The molecule has 3 heterocycles. The second-order valence-corrected chi connectivity index (χ2v) is 38.3. The van der Waals surface area contributed by atoms with E-state index in [1.165, 1.54) is 252 Å². The Kier molecular flexibility index (Phi) is 22.0. The van der Waals surface area contributed by atoms with E-state index in [1.54, 1.807) is 0 Å². The highest BCUT2D eigenvalue weighted by atomic mass is 15.0. The van der Waals surface area contributed by atoms with E-state index in [-0.39, 0.29) is 0 Å². The molecule has 0 aliphatic heterocycles. The first-order valence-corrected chi connectivity index (χ1v) is 50.7. The molecule has 3 aromatic heterocycles. The van der Waals surface area contributed by atoms with Gasteiger partial charge in [-0.2, -0.15) is 0 Å². The smallest absolute Gasteiger partial charge is 0.0547 e. The number of fused-ring (bicyclic) bond motifs is 15. The maximum atomic E-state index is 2.42. The van der Waals surface area contributed by atoms with E-state index in [1.807, 2.05) is 0 Å². The molecule has 0 atom stereocenters. The van der Waals surface area contributed by atoms with Crippen molar-refractivity contribution in [3.63, 3.8) is 0 Å². The molecule has 3 heteroatoms. The van der Waals surface area contributed by atoms with Crippen molar-refractivity contribution >= 4 is 130 Å². The molecular weight excluding hydrogens is 1770 g/mol. The third-order valence-electron chi connectivity index (χ3n) is 30.0. The summed E-state index contributed by atoms with van der Waals surface area (Å²) in [7, 11) is 0. The Labute approximate surface area is 853 Å². The summed E-state index contributed by atoms with van der Waals surface area (Å²) in [4.78, 5) is 0. The quantitative estimate of drug-likeness (QED) is 0.0964. The molecule has 147 heavy (non-hydrogen) atoms. The van der Waals surface area contributed by atoms with Gasteiger partial charge in [0.25, 0.3) is 0 Å². The Morgan fingerprint density at radius 3 is 0.503 bits per heavy atom. The van der Waals surface area contributed by atoms with Crippen LogP contribution in [0, 0.1) is 0 Å². The van der Waals surface area contributed by atoms with Gasteiger partial charge in [-0.25, -0.2) is 0 Å². The Balaban J connectivity index is 0.000000109. The predicted octanol–water partition coefficient (Wildman–Crippen LogP) is 39.6. The molecule has 0 saturated carbocycles. The van der Waals surface area contributed by atoms with Crippen LogP contribution in [0.3, 0.4) is 0 Å². The van der Waals surface area contributed by atoms with E-state index in [2.05, 4.69) is 590 Å². The van der Waals surface area contributed by atoms with Crippen LogP contribution in [0.2, 0.25) is 0 Å². The number of rotatable bonds is 14. The molecule has 0 saturated heterocycles. The highest BCUT2D eigenvalue weighted by molar-refractivity contribution is 6.26. The highest BCUT2D eigenvalue weighted by Gasteiger charge is 2.26. The zero-order valence-electron chi connectivity index (χ0n) is 80.7. The molecule has 29 aromatic rings. The lowest BCUT2D eigenvalue weighted by Crippen LogP contribution is -1.95. The first-order valence-electron chi connectivity index (χ1n) is 50.7. The fraction of sp³-hybridized carbons (Fsp3) is 0. The van der Waals surface area contributed by atoms with Crippen molar-refractivity contribution in [2.24, 2.45) is 0 Å². The molecule has 0 spiro atoms. The maximum Gasteiger partial charge on any atom is 0.0547 e. The van der Waals surface area contributed by atoms with E-state index in [0.717, 1.165) is 17.1 Å². The van der Waals surface area contributed by atoms with Crippen LogP contribution in [0.4, 0.5) is 0 Å². The number of hydrogen-bond donors (Lipinski definition) is 0. The van der Waals surface area contributed by atoms with Gasteiger partial charge in [0.2, 0.25) is 0 Å². The lowest BCUT2D eigenvalue weighted by Gasteiger charge is -2.19. The molecular formula is C144H95N3. The summed E-state index contributed by atoms with van der Waals surface area (Å²) < 4.78 is 7.21. The van der Waals surface area contributed by atoms with Crippen molar-refractivity contribution in [3.05, 3.63) is 576 Å². The van der Waals surface area contributed by atoms with Crippen molar-refractivity contribution in [1.82, 2.24) is 13.7 Å². The van der Waals surface area contributed by atoms with Crippen LogP contribution >= 0.6 is 0 Å². The van der Waals surface area contributed by atoms with Crippen LogP contribution < -0.4 is 0 Å². The minimum atomic E-state index is 1.15. The first-order chi connectivity index (χ1) is 73.0. The van der Waals surface area contributed by atoms with Gasteiger partial charge in [0, 0.05) is 49.4 Å². The van der Waals surface area contributed by atoms with Gasteiger partial charge >= 0.3 is 0 Å². The molecule has 0 unspecified atom stereocenters. The van der Waals surface area contributed by atoms with Crippen LogP contribution in [0.1, 0.15) is 0 Å². The molecule has 0 fully saturated rings. The van der Waals surface area contributed by atoms with Gasteiger partial charge in [0.05, 0.1) is 33.1 Å². The largest absolute Gasteiger partial charge is 0.309 e. The van der Waals surface area contributed by atoms with Crippen LogP contribution in [-0.4, -0.2) is 13.7 Å². The summed E-state index contributed by atoms with van der Waals surface area (Å²) in [5.74, 6) is 0. The molecule has 0 amide bonds. The number of hydrogen-bond acceptors (Lipinski definition) is 0. The first kappa shape index (κ1) is 86.8. The molecule has 0 aliphatic rings. The molecule has 26 aromatic carbocycles. The fourth-order valence-electron chi connectivity index (χ4n) is 23.3. The van der Waals surface area contributed by atoms with Crippen molar-refractivity contribution in [3.8, 4) is 139 Å². The monoisotopic (exact) mass is 1870 g/mol. The Morgan fingerprint density at radius 2 is 0.238 bits per heavy atom. The van der Waals surface area contributed by atoms with Crippen molar-refractivity contribution < 1.29 is 0 Å². The average Bonchev–Trinajstić information content (AvgIpc) is 1.05. The van der Waals surface area contributed by atoms with Crippen LogP contribution in [-0.2, 0) is 0 Å². The third-order valence-corrected chi connectivity index (χ3v) is 30.0. The molecule has 0 aliphatic carbocycles. The summed E-state index contributed by atoms with van der Waals surface area (Å²) in [6, 6.07) is 210. The van der Waals surface area contributed by atoms with Gasteiger partial charge in [0.1, 0.15) is 0 Å². The fourth-order valence-corrected chi connectivity index (χ4v) is 23.3. The minimum absolute atomic E-state index is 1.15. The normalized spacial score (nSPS) is 11.5. The summed E-state index contributed by atoms with van der Waals surface area (Å²) in [6.45, 7) is 0. The summed E-state index contributed by atoms with van der Waals surface area (Å²) in [5, 5.41) is 22.7. The van der Waals surface area contributed by atoms with Gasteiger partial charge < -0.3 is 13.7 Å². The van der Waals surface area contributed by atoms with Gasteiger partial charge in [0.15, 0.2) is 0 Å². The van der Waals surface area contributed by atoms with Crippen molar-refractivity contribution in [2.45, 2.75) is 0 Å². The second kappa shape index (κ2) is 37.3.